The SMILES string of the molecule is O=C1N=C(Cl)C=C2N=CN=C12. The molecule has 0 aromatic heterocycles. The predicted molar refractivity (Wildman–Crippen MR) is 42.3 cm³/mol. The van der Waals surface area contributed by atoms with Crippen molar-refractivity contribution in [2.24, 2.45) is 15.0 Å². The lowest BCUT2D eigenvalue weighted by molar-refractivity contribution is -0.111. The molecule has 0 bridgehead atoms. The summed E-state index contributed by atoms with van der Waals surface area (Å²) in [6.45, 7) is 0. The maximum Gasteiger partial charge on any atom is 0.299 e. The summed E-state index contributed by atoms with van der Waals surface area (Å²) >= 11 is 5.50. The van der Waals surface area contributed by atoms with Gasteiger partial charge in [0, 0.05) is 6.08 Å². The van der Waals surface area contributed by atoms with Gasteiger partial charge in [0.2, 0.25) is 0 Å². The first-order valence-corrected chi connectivity index (χ1v) is 3.26. The van der Waals surface area contributed by atoms with Gasteiger partial charge in [0.15, 0.2) is 5.71 Å². The van der Waals surface area contributed by atoms with Crippen LogP contribution in [0.25, 0.3) is 0 Å². The summed E-state index contributed by atoms with van der Waals surface area (Å²) in [5.74, 6) is -0.426. The zero-order valence-corrected chi connectivity index (χ0v) is 6.04. The minimum Gasteiger partial charge on any atom is -0.265 e. The lowest BCUT2D eigenvalue weighted by atomic mass is 10.2. The summed E-state index contributed by atoms with van der Waals surface area (Å²) in [7, 11) is 0. The Labute approximate surface area is 67.0 Å². The van der Waals surface area contributed by atoms with Gasteiger partial charge in [0.1, 0.15) is 11.5 Å². The van der Waals surface area contributed by atoms with Gasteiger partial charge in [0.25, 0.3) is 5.91 Å². The Kier molecular flexibility index (Phi) is 1.22. The molecule has 2 aliphatic heterocycles. The number of hydrogen-bond donors (Lipinski definition) is 0. The predicted octanol–water partition coefficient (Wildman–Crippen LogP) is 0.531. The van der Waals surface area contributed by atoms with Gasteiger partial charge in [-0.05, 0) is 0 Å². The number of hydrogen-bond acceptors (Lipinski definition) is 3. The van der Waals surface area contributed by atoms with E-state index in [-0.39, 0.29) is 10.9 Å². The summed E-state index contributed by atoms with van der Waals surface area (Å²) in [4.78, 5) is 22.0. The van der Waals surface area contributed by atoms with E-state index >= 15 is 0 Å². The number of fused-ring (bicyclic) bond motifs is 1. The zero-order valence-electron chi connectivity index (χ0n) is 5.28. The highest BCUT2D eigenvalue weighted by Crippen LogP contribution is 2.13. The molecule has 0 radical (unpaired) electrons. The molecule has 2 rings (SSSR count). The van der Waals surface area contributed by atoms with E-state index in [9.17, 15) is 4.79 Å². The van der Waals surface area contributed by atoms with Gasteiger partial charge >= 0.3 is 0 Å². The summed E-state index contributed by atoms with van der Waals surface area (Å²) in [6.07, 6.45) is 2.81. The monoisotopic (exact) mass is 167 g/mol. The van der Waals surface area contributed by atoms with E-state index < -0.39 is 5.91 Å². The van der Waals surface area contributed by atoms with Gasteiger partial charge in [-0.15, -0.1) is 0 Å². The van der Waals surface area contributed by atoms with Crippen molar-refractivity contribution in [2.75, 3.05) is 0 Å². The third kappa shape index (κ3) is 0.914. The molecule has 0 aromatic carbocycles. The molecule has 4 nitrogen and oxygen atoms in total. The number of amides is 1. The van der Waals surface area contributed by atoms with Crippen molar-refractivity contribution >= 4 is 34.7 Å². The Morgan fingerprint density at radius 1 is 1.45 bits per heavy atom. The summed E-state index contributed by atoms with van der Waals surface area (Å²) in [6, 6.07) is 0. The first-order chi connectivity index (χ1) is 5.27. The van der Waals surface area contributed by atoms with Crippen LogP contribution in [0.2, 0.25) is 0 Å². The molecule has 5 heteroatoms. The van der Waals surface area contributed by atoms with E-state index in [2.05, 4.69) is 15.0 Å². The summed E-state index contributed by atoms with van der Waals surface area (Å²) in [5, 5.41) is 0.156. The number of carbonyl (C=O) groups excluding carboxylic acids is 1. The van der Waals surface area contributed by atoms with E-state index in [1.54, 1.807) is 0 Å². The molecule has 1 amide bonds. The molecule has 0 spiro atoms. The topological polar surface area (TPSA) is 54.1 Å². The molecule has 2 aliphatic rings. The molecule has 0 atom stereocenters. The third-order valence-corrected chi connectivity index (χ3v) is 1.49. The van der Waals surface area contributed by atoms with Crippen LogP contribution in [0.1, 0.15) is 0 Å². The number of dihydropyridines is 1. The Morgan fingerprint density at radius 3 is 3.09 bits per heavy atom. The normalized spacial score (nSPS) is 20.8. The number of halogens is 1. The Hall–Kier alpha value is -1.29. The van der Waals surface area contributed by atoms with Crippen molar-refractivity contribution in [1.82, 2.24) is 0 Å². The smallest absolute Gasteiger partial charge is 0.265 e. The fraction of sp³-hybridized carbons (Fsp3) is 0. The maximum atomic E-state index is 11.0. The molecule has 0 saturated heterocycles. The van der Waals surface area contributed by atoms with E-state index in [0.717, 1.165) is 0 Å². The van der Waals surface area contributed by atoms with Gasteiger partial charge in [-0.3, -0.25) is 4.79 Å². The minimum atomic E-state index is -0.426. The second-order valence-electron chi connectivity index (χ2n) is 1.99. The van der Waals surface area contributed by atoms with Crippen molar-refractivity contribution in [3.05, 3.63) is 11.8 Å². The average molecular weight is 168 g/mol. The number of aliphatic imine (C=N–C) groups is 3. The highest BCUT2D eigenvalue weighted by atomic mass is 35.5. The largest absolute Gasteiger partial charge is 0.299 e. The van der Waals surface area contributed by atoms with Crippen molar-refractivity contribution in [2.45, 2.75) is 0 Å². The fourth-order valence-corrected chi connectivity index (χ4v) is 1.02. The minimum absolute atomic E-state index is 0.156. The van der Waals surface area contributed by atoms with E-state index in [0.29, 0.717) is 5.70 Å². The van der Waals surface area contributed by atoms with Crippen LogP contribution in [0, 0.1) is 0 Å². The fourth-order valence-electron chi connectivity index (χ4n) is 0.842. The quantitative estimate of drug-likeness (QED) is 0.519. The first-order valence-electron chi connectivity index (χ1n) is 2.88. The summed E-state index contributed by atoms with van der Waals surface area (Å²) in [5.41, 5.74) is 0.768. The van der Waals surface area contributed by atoms with Gasteiger partial charge < -0.3 is 0 Å². The standard InChI is InChI=1S/C6H2ClN3O/c7-4-1-3-5(6(11)10-4)9-2-8-3/h1-2H. The lowest BCUT2D eigenvalue weighted by Crippen LogP contribution is -2.16. The van der Waals surface area contributed by atoms with Crippen molar-refractivity contribution in [3.8, 4) is 0 Å². The molecular weight excluding hydrogens is 166 g/mol. The van der Waals surface area contributed by atoms with Crippen LogP contribution in [0.3, 0.4) is 0 Å². The molecule has 11 heavy (non-hydrogen) atoms. The lowest BCUT2D eigenvalue weighted by Gasteiger charge is -2.01. The first kappa shape index (κ1) is 6.42. The van der Waals surface area contributed by atoms with Crippen molar-refractivity contribution in [3.63, 3.8) is 0 Å². The zero-order chi connectivity index (χ0) is 7.84. The maximum absolute atomic E-state index is 11.0. The van der Waals surface area contributed by atoms with Crippen LogP contribution in [-0.4, -0.2) is 23.1 Å². The molecule has 0 fully saturated rings. The number of rotatable bonds is 0. The van der Waals surface area contributed by atoms with E-state index in [4.69, 9.17) is 11.6 Å². The van der Waals surface area contributed by atoms with Crippen LogP contribution in [0.15, 0.2) is 26.8 Å². The van der Waals surface area contributed by atoms with Gasteiger partial charge in [0.05, 0.1) is 5.70 Å². The second-order valence-corrected chi connectivity index (χ2v) is 2.38. The number of allylic oxidation sites excluding steroid dienone is 1. The van der Waals surface area contributed by atoms with Crippen LogP contribution >= 0.6 is 11.6 Å². The van der Waals surface area contributed by atoms with Crippen molar-refractivity contribution < 1.29 is 4.79 Å². The molecule has 0 unspecified atom stereocenters. The Bertz CT molecular complexity index is 351. The van der Waals surface area contributed by atoms with Gasteiger partial charge in [-0.25, -0.2) is 9.98 Å². The molecule has 0 saturated carbocycles. The van der Waals surface area contributed by atoms with Crippen LogP contribution in [-0.2, 0) is 4.79 Å². The van der Waals surface area contributed by atoms with Crippen LogP contribution in [0.4, 0.5) is 0 Å². The molecule has 0 aromatic rings. The van der Waals surface area contributed by atoms with Gasteiger partial charge in [-0.1, -0.05) is 11.6 Å². The molecule has 2 heterocycles. The second kappa shape index (κ2) is 2.10. The Balaban J connectivity index is 2.54. The Morgan fingerprint density at radius 2 is 2.27 bits per heavy atom. The van der Waals surface area contributed by atoms with E-state index in [1.807, 2.05) is 0 Å². The summed E-state index contributed by atoms with van der Waals surface area (Å²) < 4.78 is 0. The number of carbonyl (C=O) groups is 1. The van der Waals surface area contributed by atoms with E-state index in [1.165, 1.54) is 12.4 Å². The molecular formula is C6H2ClN3O. The van der Waals surface area contributed by atoms with Crippen LogP contribution < -0.4 is 0 Å². The third-order valence-electron chi connectivity index (χ3n) is 1.29. The van der Waals surface area contributed by atoms with Crippen molar-refractivity contribution in [1.29, 1.82) is 0 Å². The van der Waals surface area contributed by atoms with Crippen LogP contribution in [0.5, 0.6) is 0 Å². The number of nitrogens with zero attached hydrogens (tertiary/aromatic N) is 3. The average Bonchev–Trinajstić information content (AvgIpc) is 2.34. The molecule has 54 valence electrons. The highest BCUT2D eigenvalue weighted by Gasteiger charge is 2.22. The molecule has 0 aliphatic carbocycles. The van der Waals surface area contributed by atoms with Gasteiger partial charge in [-0.2, -0.15) is 4.99 Å². The molecule has 0 N–H and O–H groups in total. The highest BCUT2D eigenvalue weighted by molar-refractivity contribution is 6.72.